The third-order valence-corrected chi connectivity index (χ3v) is 3.94. The number of rotatable bonds is 7. The van der Waals surface area contributed by atoms with E-state index in [1.54, 1.807) is 0 Å². The van der Waals surface area contributed by atoms with Crippen molar-refractivity contribution in [3.05, 3.63) is 0 Å². The summed E-state index contributed by atoms with van der Waals surface area (Å²) in [5.74, 6) is 0.984. The number of carbonyl (C=O) groups excluding carboxylic acids is 1. The summed E-state index contributed by atoms with van der Waals surface area (Å²) in [4.78, 5) is 18.3. The largest absolute Gasteiger partial charge is 0.466 e. The van der Waals surface area contributed by atoms with Crippen molar-refractivity contribution in [3.63, 3.8) is 0 Å². The molecule has 0 amide bonds. The molecular weight excluding hydrogens is 393 g/mol. The number of esters is 1. The number of carbonyl (C=O) groups is 1. The number of hydrogen-bond donors (Lipinski definition) is 1. The van der Waals surface area contributed by atoms with Crippen molar-refractivity contribution >= 4 is 35.9 Å². The van der Waals surface area contributed by atoms with Gasteiger partial charge in [0.05, 0.1) is 12.5 Å². The number of unbranched alkanes of at least 4 members (excludes halogenated alkanes) is 3. The first kappa shape index (κ1) is 21.5. The number of likely N-dealkylation sites (tertiary alicyclic amines) is 1. The monoisotopic (exact) mass is 425 g/mol. The Morgan fingerprint density at radius 2 is 1.91 bits per heavy atom. The molecule has 0 spiro atoms. The lowest BCUT2D eigenvalue weighted by molar-refractivity contribution is -0.149. The number of nitrogens with zero attached hydrogens (tertiary/aromatic N) is 2. The Hall–Kier alpha value is -0.530. The third-order valence-electron chi connectivity index (χ3n) is 3.94. The second kappa shape index (κ2) is 13.0. The number of halogens is 1. The van der Waals surface area contributed by atoms with E-state index in [1.165, 1.54) is 25.7 Å². The van der Waals surface area contributed by atoms with Crippen molar-refractivity contribution in [2.75, 3.05) is 33.3 Å². The van der Waals surface area contributed by atoms with Crippen LogP contribution < -0.4 is 5.32 Å². The number of piperidine rings is 1. The summed E-state index contributed by atoms with van der Waals surface area (Å²) in [6.07, 6.45) is 6.73. The van der Waals surface area contributed by atoms with Gasteiger partial charge in [0, 0.05) is 26.7 Å². The normalized spacial score (nSPS) is 16.1. The van der Waals surface area contributed by atoms with E-state index in [4.69, 9.17) is 4.74 Å². The fraction of sp³-hybridized carbons (Fsp3) is 0.875. The molecule has 1 heterocycles. The first-order valence-electron chi connectivity index (χ1n) is 8.35. The Kier molecular flexibility index (Phi) is 12.6. The number of guanidine groups is 1. The molecule has 0 aromatic rings. The van der Waals surface area contributed by atoms with Crippen LogP contribution in [0, 0.1) is 5.92 Å². The average molecular weight is 425 g/mol. The molecule has 0 radical (unpaired) electrons. The van der Waals surface area contributed by atoms with Crippen molar-refractivity contribution < 1.29 is 9.53 Å². The Morgan fingerprint density at radius 3 is 2.45 bits per heavy atom. The number of aliphatic imine (C=N–C) groups is 1. The van der Waals surface area contributed by atoms with E-state index in [2.05, 4.69) is 22.1 Å². The second-order valence-corrected chi connectivity index (χ2v) is 5.55. The molecule has 1 N–H and O–H groups in total. The van der Waals surface area contributed by atoms with Gasteiger partial charge in [0.2, 0.25) is 0 Å². The van der Waals surface area contributed by atoms with E-state index in [-0.39, 0.29) is 35.9 Å². The van der Waals surface area contributed by atoms with Crippen LogP contribution in [-0.4, -0.2) is 50.1 Å². The smallest absolute Gasteiger partial charge is 0.309 e. The van der Waals surface area contributed by atoms with E-state index < -0.39 is 0 Å². The molecule has 22 heavy (non-hydrogen) atoms. The lowest BCUT2D eigenvalue weighted by Gasteiger charge is -2.33. The maximum Gasteiger partial charge on any atom is 0.309 e. The molecule has 130 valence electrons. The summed E-state index contributed by atoms with van der Waals surface area (Å²) in [5, 5.41) is 3.43. The molecule has 5 nitrogen and oxygen atoms in total. The summed E-state index contributed by atoms with van der Waals surface area (Å²) in [6.45, 7) is 7.28. The van der Waals surface area contributed by atoms with Crippen molar-refractivity contribution in [1.29, 1.82) is 0 Å². The summed E-state index contributed by atoms with van der Waals surface area (Å²) >= 11 is 0. The lowest BCUT2D eigenvalue weighted by atomic mass is 9.97. The quantitative estimate of drug-likeness (QED) is 0.224. The Bertz CT molecular complexity index is 329. The Labute approximate surface area is 152 Å². The molecule has 0 bridgehead atoms. The van der Waals surface area contributed by atoms with Gasteiger partial charge in [-0.2, -0.15) is 0 Å². The fourth-order valence-electron chi connectivity index (χ4n) is 2.67. The molecule has 1 saturated heterocycles. The summed E-state index contributed by atoms with van der Waals surface area (Å²) in [7, 11) is 1.83. The van der Waals surface area contributed by atoms with E-state index in [0.29, 0.717) is 6.61 Å². The van der Waals surface area contributed by atoms with Gasteiger partial charge in [-0.1, -0.05) is 26.2 Å². The minimum atomic E-state index is -0.0420. The highest BCUT2D eigenvalue weighted by Crippen LogP contribution is 2.18. The SMILES string of the molecule is CCCCCCNC(=NC)N1CCC(C(=O)OCC)CC1.I. The molecule has 1 rings (SSSR count). The van der Waals surface area contributed by atoms with Crippen LogP contribution in [-0.2, 0) is 9.53 Å². The molecule has 0 atom stereocenters. The minimum Gasteiger partial charge on any atom is -0.466 e. The topological polar surface area (TPSA) is 53.9 Å². The molecule has 0 aromatic heterocycles. The van der Waals surface area contributed by atoms with Gasteiger partial charge in [-0.3, -0.25) is 9.79 Å². The van der Waals surface area contributed by atoms with E-state index >= 15 is 0 Å². The minimum absolute atomic E-state index is 0. The Morgan fingerprint density at radius 1 is 1.23 bits per heavy atom. The first-order valence-corrected chi connectivity index (χ1v) is 8.35. The Balaban J connectivity index is 0.00000441. The fourth-order valence-corrected chi connectivity index (χ4v) is 2.67. The molecule has 0 aromatic carbocycles. The van der Waals surface area contributed by atoms with Crippen LogP contribution in [0.3, 0.4) is 0 Å². The van der Waals surface area contributed by atoms with Crippen LogP contribution in [0.2, 0.25) is 0 Å². The molecule has 1 fully saturated rings. The maximum atomic E-state index is 11.7. The lowest BCUT2D eigenvalue weighted by Crippen LogP contribution is -2.46. The van der Waals surface area contributed by atoms with Gasteiger partial charge in [0.15, 0.2) is 5.96 Å². The molecule has 0 saturated carbocycles. The van der Waals surface area contributed by atoms with Crippen LogP contribution in [0.1, 0.15) is 52.4 Å². The zero-order chi connectivity index (χ0) is 15.5. The second-order valence-electron chi connectivity index (χ2n) is 5.55. The summed E-state index contributed by atoms with van der Waals surface area (Å²) < 4.78 is 5.10. The summed E-state index contributed by atoms with van der Waals surface area (Å²) in [6, 6.07) is 0. The number of hydrogen-bond acceptors (Lipinski definition) is 3. The molecule has 0 unspecified atom stereocenters. The molecular formula is C16H32IN3O2. The van der Waals surface area contributed by atoms with Crippen molar-refractivity contribution in [1.82, 2.24) is 10.2 Å². The highest BCUT2D eigenvalue weighted by molar-refractivity contribution is 14.0. The maximum absolute atomic E-state index is 11.7. The van der Waals surface area contributed by atoms with Gasteiger partial charge in [0.25, 0.3) is 0 Å². The van der Waals surface area contributed by atoms with Crippen LogP contribution in [0.15, 0.2) is 4.99 Å². The van der Waals surface area contributed by atoms with Gasteiger partial charge >= 0.3 is 5.97 Å². The number of ether oxygens (including phenoxy) is 1. The zero-order valence-electron chi connectivity index (χ0n) is 14.3. The van der Waals surface area contributed by atoms with Crippen LogP contribution in [0.25, 0.3) is 0 Å². The highest BCUT2D eigenvalue weighted by atomic mass is 127. The van der Waals surface area contributed by atoms with Crippen LogP contribution >= 0.6 is 24.0 Å². The van der Waals surface area contributed by atoms with Gasteiger partial charge in [0.1, 0.15) is 0 Å². The van der Waals surface area contributed by atoms with Crippen molar-refractivity contribution in [3.8, 4) is 0 Å². The average Bonchev–Trinajstić information content (AvgIpc) is 2.51. The molecule has 1 aliphatic heterocycles. The molecule has 0 aliphatic carbocycles. The van der Waals surface area contributed by atoms with Crippen molar-refractivity contribution in [2.45, 2.75) is 52.4 Å². The van der Waals surface area contributed by atoms with Crippen LogP contribution in [0.5, 0.6) is 0 Å². The van der Waals surface area contributed by atoms with Gasteiger partial charge in [-0.15, -0.1) is 24.0 Å². The zero-order valence-corrected chi connectivity index (χ0v) is 16.6. The van der Waals surface area contributed by atoms with Gasteiger partial charge in [-0.25, -0.2) is 0 Å². The highest BCUT2D eigenvalue weighted by Gasteiger charge is 2.27. The van der Waals surface area contributed by atoms with Crippen molar-refractivity contribution in [2.24, 2.45) is 10.9 Å². The summed E-state index contributed by atoms with van der Waals surface area (Å²) in [5.41, 5.74) is 0. The predicted molar refractivity (Wildman–Crippen MR) is 102 cm³/mol. The van der Waals surface area contributed by atoms with E-state index in [0.717, 1.165) is 38.4 Å². The predicted octanol–water partition coefficient (Wildman–Crippen LogP) is 3.04. The molecule has 1 aliphatic rings. The van der Waals surface area contributed by atoms with E-state index in [1.807, 2.05) is 14.0 Å². The van der Waals surface area contributed by atoms with Gasteiger partial charge < -0.3 is 15.0 Å². The first-order chi connectivity index (χ1) is 10.2. The van der Waals surface area contributed by atoms with Gasteiger partial charge in [-0.05, 0) is 26.2 Å². The molecule has 6 heteroatoms. The van der Waals surface area contributed by atoms with Crippen LogP contribution in [0.4, 0.5) is 0 Å². The number of nitrogens with one attached hydrogen (secondary N) is 1. The van der Waals surface area contributed by atoms with E-state index in [9.17, 15) is 4.79 Å². The third kappa shape index (κ3) is 7.65. The standard InChI is InChI=1S/C16H31N3O2.HI/c1-4-6-7-8-11-18-16(17-3)19-12-9-14(10-13-19)15(20)21-5-2;/h14H,4-13H2,1-3H3,(H,17,18);1H.